The smallest absolute Gasteiger partial charge is 0.265 e. The molecule has 0 aromatic heterocycles. The Balaban J connectivity index is 4.88. The second kappa shape index (κ2) is 8.04. The third kappa shape index (κ3) is 5.46. The van der Waals surface area contributed by atoms with Crippen molar-refractivity contribution < 1.29 is 9.66 Å². The molecule has 0 aromatic rings. The van der Waals surface area contributed by atoms with Crippen molar-refractivity contribution in [3.63, 3.8) is 0 Å². The van der Waals surface area contributed by atoms with E-state index in [1.807, 2.05) is 6.92 Å². The summed E-state index contributed by atoms with van der Waals surface area (Å²) < 4.78 is 4.99. The van der Waals surface area contributed by atoms with Crippen LogP contribution >= 0.6 is 0 Å². The zero-order chi connectivity index (χ0) is 13.3. The fourth-order valence-corrected chi connectivity index (χ4v) is 1.03. The third-order valence-electron chi connectivity index (χ3n) is 1.82. The summed E-state index contributed by atoms with van der Waals surface area (Å²) in [4.78, 5) is 13.7. The first-order chi connectivity index (χ1) is 8.06. The van der Waals surface area contributed by atoms with Crippen LogP contribution in [0.3, 0.4) is 0 Å². The van der Waals surface area contributed by atoms with Crippen LogP contribution in [0.1, 0.15) is 13.3 Å². The van der Waals surface area contributed by atoms with Crippen LogP contribution in [0.2, 0.25) is 0 Å². The summed E-state index contributed by atoms with van der Waals surface area (Å²) in [5.41, 5.74) is 0.513. The number of nitrogens with zero attached hydrogens (tertiary/aromatic N) is 2. The number of rotatable bonds is 7. The van der Waals surface area contributed by atoms with Crippen LogP contribution in [0.4, 0.5) is 0 Å². The van der Waals surface area contributed by atoms with Gasteiger partial charge < -0.3 is 4.74 Å². The molecule has 0 aromatic carbocycles. The van der Waals surface area contributed by atoms with Crippen LogP contribution in [0.5, 0.6) is 0 Å². The van der Waals surface area contributed by atoms with Gasteiger partial charge in [-0.1, -0.05) is 13.5 Å². The molecule has 0 aliphatic heterocycles. The molecular weight excluding hydrogens is 220 g/mol. The maximum atomic E-state index is 10.6. The quantitative estimate of drug-likeness (QED) is 0.224. The molecule has 0 unspecified atom stereocenters. The zero-order valence-electron chi connectivity index (χ0n) is 10.0. The van der Waals surface area contributed by atoms with Crippen molar-refractivity contribution in [3.8, 4) is 0 Å². The van der Waals surface area contributed by atoms with E-state index < -0.39 is 4.92 Å². The first kappa shape index (κ1) is 14.8. The van der Waals surface area contributed by atoms with E-state index >= 15 is 0 Å². The Bertz CT molecular complexity index is 393. The average molecular weight is 236 g/mol. The summed E-state index contributed by atoms with van der Waals surface area (Å²) >= 11 is 0. The molecule has 0 rings (SSSR count). The molecule has 0 spiro atoms. The van der Waals surface area contributed by atoms with Gasteiger partial charge in [-0.15, -0.1) is 0 Å². The number of ether oxygens (including phenoxy) is 1. The lowest BCUT2D eigenvalue weighted by Crippen LogP contribution is -1.96. The van der Waals surface area contributed by atoms with Gasteiger partial charge in [0, 0.05) is 11.6 Å². The molecule has 0 radical (unpaired) electrons. The normalized spacial score (nSPS) is 12.6. The number of nitro groups is 1. The summed E-state index contributed by atoms with van der Waals surface area (Å²) in [5.74, 6) is 0.412. The molecule has 0 saturated heterocycles. The lowest BCUT2D eigenvalue weighted by molar-refractivity contribution is -0.419. The molecule has 0 atom stereocenters. The molecule has 0 aliphatic carbocycles. The van der Waals surface area contributed by atoms with E-state index in [1.54, 1.807) is 0 Å². The highest BCUT2D eigenvalue weighted by Crippen LogP contribution is 2.12. The molecule has 5 heteroatoms. The minimum atomic E-state index is -0.449. The van der Waals surface area contributed by atoms with E-state index in [0.29, 0.717) is 17.8 Å². The fraction of sp³-hybridized carbons (Fsp3) is 0.250. The molecule has 0 bridgehead atoms. The van der Waals surface area contributed by atoms with Crippen molar-refractivity contribution in [2.24, 2.45) is 4.99 Å². The predicted octanol–water partition coefficient (Wildman–Crippen LogP) is 2.86. The number of allylic oxidation sites excluding steroid dienone is 3. The van der Waals surface area contributed by atoms with Crippen LogP contribution in [0.15, 0.2) is 53.0 Å². The Morgan fingerprint density at radius 1 is 1.53 bits per heavy atom. The fourth-order valence-electron chi connectivity index (χ4n) is 1.03. The average Bonchev–Trinajstić information content (AvgIpc) is 2.30. The molecule has 0 saturated carbocycles. The lowest BCUT2D eigenvalue weighted by atomic mass is 10.2. The largest absolute Gasteiger partial charge is 0.495 e. The van der Waals surface area contributed by atoms with Gasteiger partial charge in [0.1, 0.15) is 5.76 Å². The van der Waals surface area contributed by atoms with Gasteiger partial charge in [0.15, 0.2) is 0 Å². The molecule has 17 heavy (non-hydrogen) atoms. The Morgan fingerprint density at radius 2 is 2.18 bits per heavy atom. The van der Waals surface area contributed by atoms with Crippen LogP contribution in [0, 0.1) is 10.1 Å². The van der Waals surface area contributed by atoms with E-state index in [9.17, 15) is 10.1 Å². The molecule has 0 N–H and O–H groups in total. The highest BCUT2D eigenvalue weighted by atomic mass is 16.6. The van der Waals surface area contributed by atoms with Crippen molar-refractivity contribution in [1.82, 2.24) is 0 Å². The van der Waals surface area contributed by atoms with Crippen molar-refractivity contribution in [1.29, 1.82) is 0 Å². The van der Waals surface area contributed by atoms with Gasteiger partial charge in [0.2, 0.25) is 0 Å². The van der Waals surface area contributed by atoms with Crippen molar-refractivity contribution in [2.45, 2.75) is 13.3 Å². The van der Waals surface area contributed by atoms with Crippen molar-refractivity contribution in [3.05, 3.63) is 58.2 Å². The molecular formula is C12H16N2O3. The maximum Gasteiger partial charge on any atom is 0.265 e. The van der Waals surface area contributed by atoms with Crippen molar-refractivity contribution >= 4 is 6.72 Å². The second-order valence-electron chi connectivity index (χ2n) is 3.03. The molecule has 0 amide bonds. The Morgan fingerprint density at radius 3 is 2.59 bits per heavy atom. The summed E-state index contributed by atoms with van der Waals surface area (Å²) in [6.07, 6.45) is 6.38. The van der Waals surface area contributed by atoms with Gasteiger partial charge in [-0.2, -0.15) is 0 Å². The standard InChI is InChI=1S/C12H16N2O3/c1-5-6-11(14(15)16)8-7-10(2)12(17-4)9-13-3/h6-9H,2-3,5H2,1,4H3/b8-7-,11-6+,12-9-. The van der Waals surface area contributed by atoms with E-state index in [1.165, 1.54) is 31.5 Å². The summed E-state index contributed by atoms with van der Waals surface area (Å²) in [5, 5.41) is 10.6. The number of hydrogen-bond donors (Lipinski definition) is 0. The van der Waals surface area contributed by atoms with Gasteiger partial charge in [-0.3, -0.25) is 15.1 Å². The monoisotopic (exact) mass is 236 g/mol. The number of methoxy groups -OCH3 is 1. The van der Waals surface area contributed by atoms with E-state index in [2.05, 4.69) is 18.3 Å². The van der Waals surface area contributed by atoms with Gasteiger partial charge in [0.05, 0.1) is 18.2 Å². The summed E-state index contributed by atoms with van der Waals surface area (Å²) in [6.45, 7) is 8.84. The van der Waals surface area contributed by atoms with Crippen LogP contribution in [0.25, 0.3) is 0 Å². The van der Waals surface area contributed by atoms with Gasteiger partial charge in [0.25, 0.3) is 5.70 Å². The van der Waals surface area contributed by atoms with Gasteiger partial charge >= 0.3 is 0 Å². The van der Waals surface area contributed by atoms with E-state index in [-0.39, 0.29) is 5.70 Å². The minimum absolute atomic E-state index is 0.0238. The molecule has 0 fully saturated rings. The molecule has 5 nitrogen and oxygen atoms in total. The number of aliphatic imine (C=N–C) groups is 1. The molecule has 0 aliphatic rings. The first-order valence-corrected chi connectivity index (χ1v) is 4.98. The van der Waals surface area contributed by atoms with Gasteiger partial charge in [-0.05, 0) is 25.3 Å². The zero-order valence-corrected chi connectivity index (χ0v) is 10.0. The predicted molar refractivity (Wildman–Crippen MR) is 68.3 cm³/mol. The second-order valence-corrected chi connectivity index (χ2v) is 3.03. The SMILES string of the molecule is C=N/C=C(\OC)C(=C)/C=C\C(=C/CC)[N+](=O)[O-]. The highest BCUT2D eigenvalue weighted by Gasteiger charge is 2.05. The summed E-state index contributed by atoms with van der Waals surface area (Å²) in [6, 6.07) is 0. The topological polar surface area (TPSA) is 64.7 Å². The molecule has 92 valence electrons. The maximum absolute atomic E-state index is 10.6. The minimum Gasteiger partial charge on any atom is -0.495 e. The Labute approximate surface area is 101 Å². The van der Waals surface area contributed by atoms with E-state index in [0.717, 1.165) is 0 Å². The first-order valence-electron chi connectivity index (χ1n) is 4.98. The van der Waals surface area contributed by atoms with Gasteiger partial charge in [-0.25, -0.2) is 0 Å². The molecule has 0 heterocycles. The van der Waals surface area contributed by atoms with Crippen LogP contribution < -0.4 is 0 Å². The Hall–Kier alpha value is -2.17. The van der Waals surface area contributed by atoms with Crippen LogP contribution in [-0.4, -0.2) is 18.8 Å². The Kier molecular flexibility index (Phi) is 7.01. The number of hydrogen-bond acceptors (Lipinski definition) is 4. The van der Waals surface area contributed by atoms with Crippen LogP contribution in [-0.2, 0) is 4.74 Å². The third-order valence-corrected chi connectivity index (χ3v) is 1.82. The van der Waals surface area contributed by atoms with E-state index in [4.69, 9.17) is 4.74 Å². The lowest BCUT2D eigenvalue weighted by Gasteiger charge is -2.03. The summed E-state index contributed by atoms with van der Waals surface area (Å²) in [7, 11) is 1.46. The highest BCUT2D eigenvalue weighted by molar-refractivity contribution is 5.37. The van der Waals surface area contributed by atoms with Crippen molar-refractivity contribution in [2.75, 3.05) is 7.11 Å².